The maximum Gasteiger partial charge on any atom is 0.351 e. The van der Waals surface area contributed by atoms with Gasteiger partial charge in [-0.2, -0.15) is 4.68 Å². The number of nitrogens with zero attached hydrogens (tertiary/aromatic N) is 6. The number of ether oxygens (including phenoxy) is 2. The summed E-state index contributed by atoms with van der Waals surface area (Å²) in [7, 11) is 1.43. The molecule has 0 spiro atoms. The smallest absolute Gasteiger partial charge is 0.351 e. The predicted octanol–water partition coefficient (Wildman–Crippen LogP) is -0.207. The Hall–Kier alpha value is -3.85. The van der Waals surface area contributed by atoms with Gasteiger partial charge in [0.15, 0.2) is 12.3 Å². The molecule has 0 aliphatic rings. The molecule has 0 saturated heterocycles. The van der Waals surface area contributed by atoms with Crippen LogP contribution < -0.4 is 21.9 Å². The maximum atomic E-state index is 13.0. The first-order valence-electron chi connectivity index (χ1n) is 10.3. The number of amides is 1. The molecule has 0 unspecified atom stereocenters. The van der Waals surface area contributed by atoms with Crippen molar-refractivity contribution in [2.45, 2.75) is 26.3 Å². The highest BCUT2D eigenvalue weighted by Crippen LogP contribution is 2.22. The van der Waals surface area contributed by atoms with Gasteiger partial charge in [0.25, 0.3) is 11.5 Å². The number of carbonyl (C=O) groups is 2. The lowest BCUT2D eigenvalue weighted by Gasteiger charge is -2.24. The number of rotatable bonds is 11. The molecule has 0 aliphatic heterocycles. The standard InChI is InChI=1S/C19H24N8O6S/c1-3-4-6-26-16(20)14(17(29)22-19(26)31)25(7-8-32-2)13(28)10-33-18(30)15-12(5-9-34-15)27-11-21-23-24-27/h5,9,11H,3-4,6-8,10,20H2,1-2H3,(H,22,29,31). The quantitative estimate of drug-likeness (QED) is 0.340. The van der Waals surface area contributed by atoms with Crippen molar-refractivity contribution in [1.82, 2.24) is 29.8 Å². The Morgan fingerprint density at radius 2 is 2.12 bits per heavy atom. The number of aromatic nitrogens is 6. The van der Waals surface area contributed by atoms with Crippen molar-refractivity contribution in [2.75, 3.05) is 37.5 Å². The van der Waals surface area contributed by atoms with E-state index < -0.39 is 29.7 Å². The number of unbranched alkanes of at least 4 members (excludes halogenated alkanes) is 1. The van der Waals surface area contributed by atoms with Crippen LogP contribution in [-0.2, 0) is 20.8 Å². The lowest BCUT2D eigenvalue weighted by atomic mass is 10.3. The monoisotopic (exact) mass is 492 g/mol. The van der Waals surface area contributed by atoms with Gasteiger partial charge in [0.2, 0.25) is 0 Å². The number of hydrogen-bond acceptors (Lipinski definition) is 11. The fraction of sp³-hybridized carbons (Fsp3) is 0.421. The van der Waals surface area contributed by atoms with E-state index in [1.807, 2.05) is 6.92 Å². The molecule has 3 aromatic heterocycles. The van der Waals surface area contributed by atoms with Gasteiger partial charge in [-0.25, -0.2) is 9.59 Å². The van der Waals surface area contributed by atoms with E-state index in [0.717, 1.165) is 22.7 Å². The molecule has 3 aromatic rings. The van der Waals surface area contributed by atoms with Gasteiger partial charge in [-0.3, -0.25) is 24.0 Å². The number of carbonyl (C=O) groups excluding carboxylic acids is 2. The third kappa shape index (κ3) is 5.37. The number of nitrogens with two attached hydrogens (primary N) is 1. The van der Waals surface area contributed by atoms with Crippen molar-refractivity contribution < 1.29 is 19.1 Å². The van der Waals surface area contributed by atoms with Crippen LogP contribution in [0.1, 0.15) is 29.4 Å². The molecule has 15 heteroatoms. The summed E-state index contributed by atoms with van der Waals surface area (Å²) in [6.07, 6.45) is 2.75. The van der Waals surface area contributed by atoms with Crippen LogP contribution in [0.5, 0.6) is 0 Å². The topological polar surface area (TPSA) is 180 Å². The Bertz CT molecular complexity index is 1250. The Morgan fingerprint density at radius 3 is 2.79 bits per heavy atom. The Kier molecular flexibility index (Phi) is 8.26. The largest absolute Gasteiger partial charge is 0.451 e. The number of thiophene rings is 1. The number of methoxy groups -OCH3 is 1. The zero-order valence-corrected chi connectivity index (χ0v) is 19.4. The molecular weight excluding hydrogens is 468 g/mol. The zero-order valence-electron chi connectivity index (χ0n) is 18.6. The molecule has 0 saturated carbocycles. The Balaban J connectivity index is 1.84. The first kappa shape index (κ1) is 24.8. The first-order chi connectivity index (χ1) is 16.4. The molecule has 0 aliphatic carbocycles. The van der Waals surface area contributed by atoms with Crippen molar-refractivity contribution in [3.63, 3.8) is 0 Å². The van der Waals surface area contributed by atoms with Gasteiger partial charge in [0.05, 0.1) is 12.3 Å². The van der Waals surface area contributed by atoms with E-state index in [4.69, 9.17) is 15.2 Å². The number of tetrazole rings is 1. The van der Waals surface area contributed by atoms with E-state index in [1.165, 1.54) is 22.7 Å². The number of nitrogens with one attached hydrogen (secondary N) is 1. The van der Waals surface area contributed by atoms with Gasteiger partial charge in [-0.15, -0.1) is 16.4 Å². The first-order valence-corrected chi connectivity index (χ1v) is 11.2. The second kappa shape index (κ2) is 11.3. The molecular formula is C19H24N8O6S. The van der Waals surface area contributed by atoms with Gasteiger partial charge in [0, 0.05) is 20.2 Å². The Labute approximate surface area is 196 Å². The molecule has 14 nitrogen and oxygen atoms in total. The average Bonchev–Trinajstić information content (AvgIpc) is 3.51. The molecule has 3 N–H and O–H groups in total. The minimum atomic E-state index is -0.828. The highest BCUT2D eigenvalue weighted by Gasteiger charge is 2.26. The number of hydrogen-bond donors (Lipinski definition) is 2. The van der Waals surface area contributed by atoms with Crippen LogP contribution >= 0.6 is 11.3 Å². The van der Waals surface area contributed by atoms with Crippen LogP contribution in [0.4, 0.5) is 11.5 Å². The fourth-order valence-corrected chi connectivity index (χ4v) is 3.87. The van der Waals surface area contributed by atoms with Crippen LogP contribution in [0.15, 0.2) is 27.4 Å². The highest BCUT2D eigenvalue weighted by atomic mass is 32.1. The number of esters is 1. The molecule has 0 radical (unpaired) electrons. The van der Waals surface area contributed by atoms with Crippen LogP contribution in [0.2, 0.25) is 0 Å². The molecule has 3 rings (SSSR count). The number of aromatic amines is 1. The minimum absolute atomic E-state index is 0.0545. The van der Waals surface area contributed by atoms with E-state index >= 15 is 0 Å². The van der Waals surface area contributed by atoms with Crippen molar-refractivity contribution >= 4 is 34.7 Å². The molecule has 0 atom stereocenters. The van der Waals surface area contributed by atoms with Crippen molar-refractivity contribution in [2.24, 2.45) is 0 Å². The van der Waals surface area contributed by atoms with E-state index in [1.54, 1.807) is 11.4 Å². The molecule has 0 fully saturated rings. The van der Waals surface area contributed by atoms with Crippen LogP contribution in [0.25, 0.3) is 5.69 Å². The third-order valence-electron chi connectivity index (χ3n) is 4.79. The number of H-pyrrole nitrogens is 1. The maximum absolute atomic E-state index is 13.0. The van der Waals surface area contributed by atoms with Gasteiger partial charge >= 0.3 is 11.7 Å². The van der Waals surface area contributed by atoms with Crippen LogP contribution in [0.3, 0.4) is 0 Å². The molecule has 3 heterocycles. The van der Waals surface area contributed by atoms with E-state index in [-0.39, 0.29) is 36.1 Å². The second-order valence-electron chi connectivity index (χ2n) is 7.00. The SMILES string of the molecule is CCCCn1c(N)c(N(CCOC)C(=O)COC(=O)c2sccc2-n2cnnn2)c(=O)[nH]c1=O. The van der Waals surface area contributed by atoms with E-state index in [9.17, 15) is 19.2 Å². The van der Waals surface area contributed by atoms with E-state index in [0.29, 0.717) is 12.1 Å². The summed E-state index contributed by atoms with van der Waals surface area (Å²) >= 11 is 1.09. The zero-order chi connectivity index (χ0) is 24.7. The van der Waals surface area contributed by atoms with Crippen molar-refractivity contribution in [3.05, 3.63) is 43.5 Å². The molecule has 34 heavy (non-hydrogen) atoms. The van der Waals surface area contributed by atoms with Crippen molar-refractivity contribution in [3.8, 4) is 5.69 Å². The molecule has 182 valence electrons. The number of anilines is 2. The molecule has 0 aromatic carbocycles. The van der Waals surface area contributed by atoms with Crippen molar-refractivity contribution in [1.29, 1.82) is 0 Å². The van der Waals surface area contributed by atoms with Gasteiger partial charge in [-0.05, 0) is 28.3 Å². The van der Waals surface area contributed by atoms with Gasteiger partial charge in [-0.1, -0.05) is 13.3 Å². The van der Waals surface area contributed by atoms with Crippen LogP contribution in [-0.4, -0.2) is 68.5 Å². The normalized spacial score (nSPS) is 10.9. The lowest BCUT2D eigenvalue weighted by molar-refractivity contribution is -0.121. The second-order valence-corrected chi connectivity index (χ2v) is 7.92. The Morgan fingerprint density at radius 1 is 1.32 bits per heavy atom. The fourth-order valence-electron chi connectivity index (χ4n) is 3.10. The average molecular weight is 493 g/mol. The van der Waals surface area contributed by atoms with Crippen LogP contribution in [0, 0.1) is 0 Å². The summed E-state index contributed by atoms with van der Waals surface area (Å²) in [4.78, 5) is 53.9. The third-order valence-corrected chi connectivity index (χ3v) is 5.68. The lowest BCUT2D eigenvalue weighted by Crippen LogP contribution is -2.44. The van der Waals surface area contributed by atoms with Gasteiger partial charge in [0.1, 0.15) is 17.0 Å². The molecule has 1 amide bonds. The predicted molar refractivity (Wildman–Crippen MR) is 122 cm³/mol. The highest BCUT2D eigenvalue weighted by molar-refractivity contribution is 7.12. The summed E-state index contributed by atoms with van der Waals surface area (Å²) in [6, 6.07) is 1.63. The summed E-state index contributed by atoms with van der Waals surface area (Å²) < 4.78 is 12.7. The summed E-state index contributed by atoms with van der Waals surface area (Å²) in [6.45, 7) is 1.55. The van der Waals surface area contributed by atoms with Gasteiger partial charge < -0.3 is 15.2 Å². The summed E-state index contributed by atoms with van der Waals surface area (Å²) in [5.41, 5.74) is 4.81. The minimum Gasteiger partial charge on any atom is -0.451 e. The number of nitrogen functional groups attached to an aromatic ring is 1. The van der Waals surface area contributed by atoms with E-state index in [2.05, 4.69) is 20.5 Å². The molecule has 0 bridgehead atoms. The summed E-state index contributed by atoms with van der Waals surface area (Å²) in [5.74, 6) is -1.64. The summed E-state index contributed by atoms with van der Waals surface area (Å²) in [5, 5.41) is 12.5.